The normalized spacial score (nSPS) is 9.91. The summed E-state index contributed by atoms with van der Waals surface area (Å²) in [7, 11) is 0. The highest BCUT2D eigenvalue weighted by Crippen LogP contribution is 2.28. The number of hydrogen-bond acceptors (Lipinski definition) is 6. The van der Waals surface area contributed by atoms with Crippen LogP contribution in [0.5, 0.6) is 5.75 Å². The standard InChI is InChI=1S/C25H21ClN6O3/c26-20-7-8-22(21(13-20)31-25(34)32-23-9-6-17(14-27)16-30-23)35-11-3-10-29-24(33)12-18-4-1-2-5-19(18)15-28/h1-2,4-9,13,16H,3,10-12H2,(H,29,33)(H2,30,31,32,34). The molecule has 10 heteroatoms. The molecular formula is C25H21ClN6O3. The Labute approximate surface area is 207 Å². The lowest BCUT2D eigenvalue weighted by atomic mass is 10.1. The Balaban J connectivity index is 1.47. The monoisotopic (exact) mass is 488 g/mol. The number of carbonyl (C=O) groups excluding carboxylic acids is 2. The summed E-state index contributed by atoms with van der Waals surface area (Å²) in [5, 5.41) is 26.4. The summed E-state index contributed by atoms with van der Waals surface area (Å²) in [6.45, 7) is 0.666. The van der Waals surface area contributed by atoms with Crippen LogP contribution in [0.4, 0.5) is 16.3 Å². The summed E-state index contributed by atoms with van der Waals surface area (Å²) < 4.78 is 5.76. The Morgan fingerprint density at radius 2 is 1.86 bits per heavy atom. The number of benzene rings is 2. The molecule has 0 saturated carbocycles. The van der Waals surface area contributed by atoms with Gasteiger partial charge in [0, 0.05) is 17.8 Å². The first-order valence-corrected chi connectivity index (χ1v) is 11.0. The Morgan fingerprint density at radius 1 is 1.03 bits per heavy atom. The third-order valence-corrected chi connectivity index (χ3v) is 4.95. The van der Waals surface area contributed by atoms with E-state index in [1.54, 1.807) is 42.5 Å². The van der Waals surface area contributed by atoms with Crippen molar-refractivity contribution in [3.63, 3.8) is 0 Å². The summed E-state index contributed by atoms with van der Waals surface area (Å²) in [6, 6.07) is 18.3. The molecule has 0 saturated heterocycles. The number of anilines is 2. The summed E-state index contributed by atoms with van der Waals surface area (Å²) in [6.07, 6.45) is 2.00. The van der Waals surface area contributed by atoms with Gasteiger partial charge in [0.05, 0.1) is 35.9 Å². The largest absolute Gasteiger partial charge is 0.491 e. The van der Waals surface area contributed by atoms with Gasteiger partial charge in [-0.1, -0.05) is 29.8 Å². The fourth-order valence-corrected chi connectivity index (χ4v) is 3.20. The summed E-state index contributed by atoms with van der Waals surface area (Å²) >= 11 is 6.06. The molecule has 2 aromatic carbocycles. The Bertz CT molecular complexity index is 1280. The molecule has 3 N–H and O–H groups in total. The maximum absolute atomic E-state index is 12.4. The Morgan fingerprint density at radius 3 is 2.60 bits per heavy atom. The van der Waals surface area contributed by atoms with Crippen LogP contribution in [0.2, 0.25) is 5.02 Å². The maximum Gasteiger partial charge on any atom is 0.324 e. The van der Waals surface area contributed by atoms with Gasteiger partial charge in [0.25, 0.3) is 0 Å². The first-order chi connectivity index (χ1) is 17.0. The van der Waals surface area contributed by atoms with Crippen LogP contribution in [-0.4, -0.2) is 30.1 Å². The maximum atomic E-state index is 12.4. The predicted molar refractivity (Wildman–Crippen MR) is 131 cm³/mol. The lowest BCUT2D eigenvalue weighted by Gasteiger charge is -2.14. The molecule has 0 atom stereocenters. The van der Waals surface area contributed by atoms with Crippen LogP contribution in [0.1, 0.15) is 23.1 Å². The van der Waals surface area contributed by atoms with E-state index < -0.39 is 6.03 Å². The second-order valence-electron chi connectivity index (χ2n) is 7.26. The molecule has 3 rings (SSSR count). The van der Waals surface area contributed by atoms with Gasteiger partial charge < -0.3 is 15.4 Å². The summed E-state index contributed by atoms with van der Waals surface area (Å²) in [4.78, 5) is 28.5. The number of ether oxygens (including phenoxy) is 1. The Kier molecular flexibility index (Phi) is 9.00. The zero-order chi connectivity index (χ0) is 25.0. The predicted octanol–water partition coefficient (Wildman–Crippen LogP) is 4.25. The number of nitrogens with zero attached hydrogens (tertiary/aromatic N) is 3. The molecule has 35 heavy (non-hydrogen) atoms. The van der Waals surface area contributed by atoms with E-state index >= 15 is 0 Å². The summed E-state index contributed by atoms with van der Waals surface area (Å²) in [5.74, 6) is 0.500. The van der Waals surface area contributed by atoms with Gasteiger partial charge in [-0.2, -0.15) is 10.5 Å². The number of halogens is 1. The average molecular weight is 489 g/mol. The van der Waals surface area contributed by atoms with Gasteiger partial charge in [0.15, 0.2) is 0 Å². The zero-order valence-electron chi connectivity index (χ0n) is 18.5. The van der Waals surface area contributed by atoms with Crippen molar-refractivity contribution in [1.29, 1.82) is 10.5 Å². The van der Waals surface area contributed by atoms with Gasteiger partial charge in [-0.3, -0.25) is 10.1 Å². The first kappa shape index (κ1) is 25.0. The van der Waals surface area contributed by atoms with Crippen LogP contribution >= 0.6 is 11.6 Å². The first-order valence-electron chi connectivity index (χ1n) is 10.6. The highest BCUT2D eigenvalue weighted by molar-refractivity contribution is 6.31. The number of amides is 3. The minimum absolute atomic E-state index is 0.124. The molecule has 0 aliphatic rings. The third-order valence-electron chi connectivity index (χ3n) is 4.71. The van der Waals surface area contributed by atoms with Crippen LogP contribution in [0.15, 0.2) is 60.8 Å². The van der Waals surface area contributed by atoms with Crippen molar-refractivity contribution in [2.75, 3.05) is 23.8 Å². The molecule has 1 aromatic heterocycles. The number of pyridine rings is 1. The van der Waals surface area contributed by atoms with Crippen molar-refractivity contribution < 1.29 is 14.3 Å². The van der Waals surface area contributed by atoms with Crippen molar-refractivity contribution in [3.8, 4) is 17.9 Å². The van der Waals surface area contributed by atoms with E-state index in [4.69, 9.17) is 26.9 Å². The van der Waals surface area contributed by atoms with Gasteiger partial charge in [-0.15, -0.1) is 0 Å². The van der Waals surface area contributed by atoms with Crippen LogP contribution in [0.25, 0.3) is 0 Å². The fourth-order valence-electron chi connectivity index (χ4n) is 3.03. The van der Waals surface area contributed by atoms with Crippen molar-refractivity contribution in [3.05, 3.63) is 82.5 Å². The molecule has 0 radical (unpaired) electrons. The SMILES string of the molecule is N#Cc1ccc(NC(=O)Nc2cc(Cl)ccc2OCCCNC(=O)Cc2ccccc2C#N)nc1. The van der Waals surface area contributed by atoms with Gasteiger partial charge >= 0.3 is 6.03 Å². The smallest absolute Gasteiger partial charge is 0.324 e. The van der Waals surface area contributed by atoms with Crippen LogP contribution in [0.3, 0.4) is 0 Å². The van der Waals surface area contributed by atoms with Crippen molar-refractivity contribution in [2.45, 2.75) is 12.8 Å². The van der Waals surface area contributed by atoms with E-state index in [-0.39, 0.29) is 24.8 Å². The zero-order valence-corrected chi connectivity index (χ0v) is 19.3. The van der Waals surface area contributed by atoms with E-state index in [9.17, 15) is 9.59 Å². The minimum Gasteiger partial charge on any atom is -0.491 e. The van der Waals surface area contributed by atoms with E-state index in [1.165, 1.54) is 18.3 Å². The number of hydrogen-bond donors (Lipinski definition) is 3. The van der Waals surface area contributed by atoms with Crippen molar-refractivity contribution in [2.24, 2.45) is 0 Å². The minimum atomic E-state index is -0.556. The number of carbonyl (C=O) groups is 2. The van der Waals surface area contributed by atoms with Gasteiger partial charge in [0.2, 0.25) is 5.91 Å². The van der Waals surface area contributed by atoms with Crippen LogP contribution in [-0.2, 0) is 11.2 Å². The van der Waals surface area contributed by atoms with E-state index in [0.717, 1.165) is 0 Å². The molecule has 0 spiro atoms. The molecule has 3 amide bonds. The molecule has 176 valence electrons. The molecule has 0 bridgehead atoms. The second-order valence-corrected chi connectivity index (χ2v) is 7.70. The second kappa shape index (κ2) is 12.6. The molecular weight excluding hydrogens is 468 g/mol. The number of aromatic nitrogens is 1. The van der Waals surface area contributed by atoms with E-state index in [1.807, 2.05) is 6.07 Å². The Hall–Kier alpha value is -4.60. The third kappa shape index (κ3) is 7.74. The van der Waals surface area contributed by atoms with Crippen molar-refractivity contribution in [1.82, 2.24) is 10.3 Å². The van der Waals surface area contributed by atoms with Crippen molar-refractivity contribution >= 4 is 35.0 Å². The van der Waals surface area contributed by atoms with Crippen LogP contribution < -0.4 is 20.7 Å². The lowest BCUT2D eigenvalue weighted by Crippen LogP contribution is -2.27. The highest BCUT2D eigenvalue weighted by atomic mass is 35.5. The fraction of sp³-hybridized carbons (Fsp3) is 0.160. The molecule has 9 nitrogen and oxygen atoms in total. The van der Waals surface area contributed by atoms with Gasteiger partial charge in [0.1, 0.15) is 17.6 Å². The summed E-state index contributed by atoms with van der Waals surface area (Å²) in [5.41, 5.74) is 1.90. The molecule has 0 fully saturated rings. The quantitative estimate of drug-likeness (QED) is 0.384. The molecule has 0 aliphatic carbocycles. The number of nitriles is 2. The molecule has 0 aliphatic heterocycles. The van der Waals surface area contributed by atoms with Crippen LogP contribution in [0, 0.1) is 22.7 Å². The highest BCUT2D eigenvalue weighted by Gasteiger charge is 2.11. The number of urea groups is 1. The van der Waals surface area contributed by atoms with E-state index in [0.29, 0.717) is 46.1 Å². The molecule has 0 unspecified atom stereocenters. The molecule has 3 aromatic rings. The number of nitrogens with one attached hydrogen (secondary N) is 3. The number of rotatable bonds is 9. The van der Waals surface area contributed by atoms with Gasteiger partial charge in [-0.05, 0) is 48.4 Å². The average Bonchev–Trinajstić information content (AvgIpc) is 2.85. The topological polar surface area (TPSA) is 140 Å². The molecule has 1 heterocycles. The lowest BCUT2D eigenvalue weighted by molar-refractivity contribution is -0.120. The van der Waals surface area contributed by atoms with E-state index in [2.05, 4.69) is 27.0 Å². The van der Waals surface area contributed by atoms with Gasteiger partial charge in [-0.25, -0.2) is 9.78 Å².